The van der Waals surface area contributed by atoms with Crippen LogP contribution in [-0.4, -0.2) is 46.6 Å². The average Bonchev–Trinajstić information content (AvgIpc) is 2.74. The minimum atomic E-state index is -0.183. The molecule has 1 N–H and O–H groups in total. The fraction of sp³-hybridized carbons (Fsp3) is 0.333. The van der Waals surface area contributed by atoms with Gasteiger partial charge in [-0.1, -0.05) is 6.07 Å². The minimum absolute atomic E-state index is 0.127. The van der Waals surface area contributed by atoms with Gasteiger partial charge in [0.15, 0.2) is 0 Å². The first kappa shape index (κ1) is 18.2. The summed E-state index contributed by atoms with van der Waals surface area (Å²) in [6.07, 6.45) is 4.69. The number of fused-ring (bicyclic) bond motifs is 3. The number of rotatable bonds is 3. The molecule has 7 nitrogen and oxygen atoms in total. The van der Waals surface area contributed by atoms with Crippen molar-refractivity contribution in [3.05, 3.63) is 42.7 Å². The van der Waals surface area contributed by atoms with E-state index < -0.39 is 0 Å². The van der Waals surface area contributed by atoms with Crippen LogP contribution < -0.4 is 5.32 Å². The first-order chi connectivity index (χ1) is 13.7. The van der Waals surface area contributed by atoms with E-state index in [4.69, 9.17) is 4.74 Å². The summed E-state index contributed by atoms with van der Waals surface area (Å²) in [6, 6.07) is 9.38. The highest BCUT2D eigenvalue weighted by molar-refractivity contribution is 6.11. The van der Waals surface area contributed by atoms with Crippen molar-refractivity contribution in [1.82, 2.24) is 14.9 Å². The fourth-order valence-electron chi connectivity index (χ4n) is 3.66. The Morgan fingerprint density at radius 2 is 1.86 bits per heavy atom. The molecule has 0 bridgehead atoms. The number of likely N-dealkylation sites (tertiary alicyclic amines) is 1. The van der Waals surface area contributed by atoms with Crippen LogP contribution in [0.3, 0.4) is 0 Å². The molecule has 0 atom stereocenters. The van der Waals surface area contributed by atoms with E-state index in [1.165, 1.54) is 0 Å². The number of anilines is 1. The Kier molecular flexibility index (Phi) is 5.06. The molecule has 28 heavy (non-hydrogen) atoms. The lowest BCUT2D eigenvalue weighted by Crippen LogP contribution is -2.42. The van der Waals surface area contributed by atoms with Gasteiger partial charge in [-0.2, -0.15) is 0 Å². The topological polar surface area (TPSA) is 84.4 Å². The van der Waals surface area contributed by atoms with Crippen LogP contribution in [0.1, 0.15) is 19.8 Å². The number of aromatic nitrogens is 2. The van der Waals surface area contributed by atoms with Crippen molar-refractivity contribution in [3.63, 3.8) is 0 Å². The van der Waals surface area contributed by atoms with E-state index in [1.54, 1.807) is 24.2 Å². The van der Waals surface area contributed by atoms with Gasteiger partial charge in [-0.3, -0.25) is 14.8 Å². The quantitative estimate of drug-likeness (QED) is 0.556. The number of urea groups is 1. The number of pyridine rings is 2. The maximum absolute atomic E-state index is 12.8. The normalized spacial score (nSPS) is 15.0. The Morgan fingerprint density at radius 3 is 2.61 bits per heavy atom. The molecule has 0 radical (unpaired) electrons. The molecule has 2 aromatic heterocycles. The highest BCUT2D eigenvalue weighted by atomic mass is 16.5. The first-order valence-electron chi connectivity index (χ1n) is 9.52. The van der Waals surface area contributed by atoms with Crippen molar-refractivity contribution in [2.45, 2.75) is 19.8 Å². The molecule has 2 amide bonds. The van der Waals surface area contributed by atoms with Crippen molar-refractivity contribution >= 4 is 39.5 Å². The molecule has 1 aliphatic rings. The van der Waals surface area contributed by atoms with E-state index >= 15 is 0 Å². The van der Waals surface area contributed by atoms with E-state index in [0.29, 0.717) is 43.7 Å². The summed E-state index contributed by atoms with van der Waals surface area (Å²) in [6.45, 7) is 3.24. The van der Waals surface area contributed by atoms with E-state index in [2.05, 4.69) is 15.3 Å². The molecule has 1 fully saturated rings. The number of nitrogens with one attached hydrogen (secondary N) is 1. The van der Waals surface area contributed by atoms with Gasteiger partial charge in [-0.15, -0.1) is 0 Å². The molecule has 0 spiro atoms. The van der Waals surface area contributed by atoms with Crippen LogP contribution in [0.2, 0.25) is 0 Å². The molecule has 4 rings (SSSR count). The summed E-state index contributed by atoms with van der Waals surface area (Å²) in [5.41, 5.74) is 2.23. The van der Waals surface area contributed by atoms with Gasteiger partial charge in [0.1, 0.15) is 0 Å². The zero-order valence-electron chi connectivity index (χ0n) is 15.7. The lowest BCUT2D eigenvalue weighted by atomic mass is 9.97. The zero-order valence-corrected chi connectivity index (χ0v) is 15.7. The zero-order chi connectivity index (χ0) is 19.5. The number of amides is 2. The maximum atomic E-state index is 12.8. The fourth-order valence-corrected chi connectivity index (χ4v) is 3.66. The van der Waals surface area contributed by atoms with E-state index in [-0.39, 0.29) is 17.9 Å². The molecule has 3 heterocycles. The Balaban J connectivity index is 1.53. The number of esters is 1. The van der Waals surface area contributed by atoms with E-state index in [9.17, 15) is 9.59 Å². The highest BCUT2D eigenvalue weighted by Crippen LogP contribution is 2.29. The molecule has 1 aromatic carbocycles. The lowest BCUT2D eigenvalue weighted by molar-refractivity contribution is -0.149. The monoisotopic (exact) mass is 378 g/mol. The lowest BCUT2D eigenvalue weighted by Gasteiger charge is -2.31. The molecular formula is C21H22N4O3. The Bertz CT molecular complexity index is 1030. The predicted octanol–water partition coefficient (Wildman–Crippen LogP) is 3.59. The largest absolute Gasteiger partial charge is 0.466 e. The Labute approximate surface area is 162 Å². The number of hydrogen-bond donors (Lipinski definition) is 1. The molecular weight excluding hydrogens is 356 g/mol. The summed E-state index contributed by atoms with van der Waals surface area (Å²) in [5, 5.41) is 4.84. The maximum Gasteiger partial charge on any atom is 0.321 e. The van der Waals surface area contributed by atoms with Gasteiger partial charge in [0.2, 0.25) is 0 Å². The Hall–Kier alpha value is -3.22. The highest BCUT2D eigenvalue weighted by Gasteiger charge is 2.28. The van der Waals surface area contributed by atoms with Crippen molar-refractivity contribution in [2.24, 2.45) is 5.92 Å². The first-order valence-corrected chi connectivity index (χ1v) is 9.52. The molecule has 7 heteroatoms. The van der Waals surface area contributed by atoms with Crippen molar-refractivity contribution in [2.75, 3.05) is 25.0 Å². The van der Waals surface area contributed by atoms with Gasteiger partial charge < -0.3 is 15.0 Å². The number of carbonyl (C=O) groups excluding carboxylic acids is 2. The predicted molar refractivity (Wildman–Crippen MR) is 107 cm³/mol. The van der Waals surface area contributed by atoms with Crippen LogP contribution in [0.5, 0.6) is 0 Å². The average molecular weight is 378 g/mol. The van der Waals surface area contributed by atoms with Gasteiger partial charge in [-0.25, -0.2) is 4.79 Å². The third kappa shape index (κ3) is 3.47. The van der Waals surface area contributed by atoms with E-state index in [0.717, 1.165) is 16.3 Å². The molecule has 0 aliphatic carbocycles. The summed E-state index contributed by atoms with van der Waals surface area (Å²) in [5.74, 6) is -0.293. The second-order valence-electron chi connectivity index (χ2n) is 6.84. The van der Waals surface area contributed by atoms with Crippen LogP contribution in [0, 0.1) is 5.92 Å². The Morgan fingerprint density at radius 1 is 1.14 bits per heavy atom. The van der Waals surface area contributed by atoms with Crippen molar-refractivity contribution in [1.29, 1.82) is 0 Å². The summed E-state index contributed by atoms with van der Waals surface area (Å²) >= 11 is 0. The number of hydrogen-bond acceptors (Lipinski definition) is 5. The third-order valence-electron chi connectivity index (χ3n) is 5.10. The van der Waals surface area contributed by atoms with Gasteiger partial charge in [0.05, 0.1) is 29.2 Å². The smallest absolute Gasteiger partial charge is 0.321 e. The number of carbonyl (C=O) groups is 2. The summed E-state index contributed by atoms with van der Waals surface area (Å²) < 4.78 is 5.09. The summed E-state index contributed by atoms with van der Waals surface area (Å²) in [4.78, 5) is 35.3. The van der Waals surface area contributed by atoms with Crippen molar-refractivity contribution in [3.8, 4) is 0 Å². The van der Waals surface area contributed by atoms with Gasteiger partial charge in [-0.05, 0) is 44.0 Å². The van der Waals surface area contributed by atoms with Crippen molar-refractivity contribution < 1.29 is 14.3 Å². The molecule has 144 valence electrons. The third-order valence-corrected chi connectivity index (χ3v) is 5.10. The van der Waals surface area contributed by atoms with Gasteiger partial charge in [0.25, 0.3) is 0 Å². The van der Waals surface area contributed by atoms with Crippen LogP contribution >= 0.6 is 0 Å². The standard InChI is InChI=1S/C21H22N4O3/c1-2-28-20(26)14-7-11-25(12-8-14)21(27)24-17-13-15-5-3-9-22-18(15)16-6-4-10-23-19(16)17/h3-6,9-10,13-14H,2,7-8,11-12H2,1H3,(H,24,27). The minimum Gasteiger partial charge on any atom is -0.466 e. The number of nitrogens with zero attached hydrogens (tertiary/aromatic N) is 3. The van der Waals surface area contributed by atoms with Gasteiger partial charge in [0, 0.05) is 36.3 Å². The molecule has 3 aromatic rings. The van der Waals surface area contributed by atoms with Crippen LogP contribution in [0.4, 0.5) is 10.5 Å². The molecule has 1 aliphatic heterocycles. The second-order valence-corrected chi connectivity index (χ2v) is 6.84. The van der Waals surface area contributed by atoms with Gasteiger partial charge >= 0.3 is 12.0 Å². The number of ether oxygens (including phenoxy) is 1. The SMILES string of the molecule is CCOC(=O)C1CCN(C(=O)Nc2cc3cccnc3c3cccnc23)CC1. The number of piperidine rings is 1. The summed E-state index contributed by atoms with van der Waals surface area (Å²) in [7, 11) is 0. The molecule has 0 unspecified atom stereocenters. The molecule has 0 saturated carbocycles. The van der Waals surface area contributed by atoms with Crippen LogP contribution in [-0.2, 0) is 9.53 Å². The molecule has 1 saturated heterocycles. The number of benzene rings is 1. The van der Waals surface area contributed by atoms with E-state index in [1.807, 2.05) is 30.3 Å². The van der Waals surface area contributed by atoms with Crippen LogP contribution in [0.15, 0.2) is 42.7 Å². The van der Waals surface area contributed by atoms with Crippen LogP contribution in [0.25, 0.3) is 21.8 Å². The second kappa shape index (κ2) is 7.80.